The lowest BCUT2D eigenvalue weighted by atomic mass is 10.2. The first-order chi connectivity index (χ1) is 10.3. The van der Waals surface area contributed by atoms with E-state index in [1.165, 1.54) is 0 Å². The molecule has 21 heavy (non-hydrogen) atoms. The van der Waals surface area contributed by atoms with Crippen LogP contribution >= 0.6 is 0 Å². The van der Waals surface area contributed by atoms with E-state index in [1.54, 1.807) is 13.3 Å². The zero-order valence-corrected chi connectivity index (χ0v) is 12.3. The molecule has 0 aliphatic heterocycles. The fraction of sp³-hybridized carbons (Fsp3) is 0.312. The summed E-state index contributed by atoms with van der Waals surface area (Å²) in [7, 11) is 1.62. The van der Waals surface area contributed by atoms with Crippen molar-refractivity contribution in [1.29, 1.82) is 0 Å². The van der Waals surface area contributed by atoms with E-state index in [9.17, 15) is 0 Å². The molecular weight excluding hydrogens is 266 g/mol. The summed E-state index contributed by atoms with van der Waals surface area (Å²) in [6, 6.07) is 5.54. The highest BCUT2D eigenvalue weighted by molar-refractivity contribution is 5.50. The first kappa shape index (κ1) is 14.9. The van der Waals surface area contributed by atoms with Crippen LogP contribution in [0.25, 0.3) is 0 Å². The molecule has 2 N–H and O–H groups in total. The highest BCUT2D eigenvalue weighted by atomic mass is 16.5. The summed E-state index contributed by atoms with van der Waals surface area (Å²) >= 11 is 0. The Bertz CT molecular complexity index is 653. The van der Waals surface area contributed by atoms with Crippen molar-refractivity contribution < 1.29 is 9.47 Å². The van der Waals surface area contributed by atoms with Gasteiger partial charge in [0.2, 0.25) is 0 Å². The lowest BCUT2D eigenvalue weighted by molar-refractivity contribution is 0.304. The number of benzene rings is 1. The van der Waals surface area contributed by atoms with Gasteiger partial charge in [-0.25, -0.2) is 0 Å². The molecule has 5 nitrogen and oxygen atoms in total. The Hall–Kier alpha value is -2.45. The molecule has 0 fully saturated rings. The van der Waals surface area contributed by atoms with Crippen LogP contribution in [-0.2, 0) is 13.2 Å². The zero-order chi connectivity index (χ0) is 15.1. The monoisotopic (exact) mass is 285 g/mol. The summed E-state index contributed by atoms with van der Waals surface area (Å²) in [5, 5.41) is 4.22. The van der Waals surface area contributed by atoms with Crippen molar-refractivity contribution in [1.82, 2.24) is 9.78 Å². The Kier molecular flexibility index (Phi) is 5.24. The predicted octanol–water partition coefficient (Wildman–Crippen LogP) is 1.80. The van der Waals surface area contributed by atoms with Crippen molar-refractivity contribution in [2.45, 2.75) is 20.1 Å². The fourth-order valence-corrected chi connectivity index (χ4v) is 1.82. The van der Waals surface area contributed by atoms with E-state index in [0.29, 0.717) is 18.9 Å². The second-order valence-electron chi connectivity index (χ2n) is 4.36. The van der Waals surface area contributed by atoms with Crippen LogP contribution in [0.4, 0.5) is 0 Å². The minimum absolute atomic E-state index is 0.305. The Labute approximate surface area is 124 Å². The summed E-state index contributed by atoms with van der Waals surface area (Å²) in [4.78, 5) is 0. The first-order valence-corrected chi connectivity index (χ1v) is 6.78. The van der Waals surface area contributed by atoms with Gasteiger partial charge in [0, 0.05) is 18.3 Å². The van der Waals surface area contributed by atoms with Gasteiger partial charge < -0.3 is 15.2 Å². The van der Waals surface area contributed by atoms with E-state index in [1.807, 2.05) is 36.0 Å². The molecule has 0 amide bonds. The largest absolute Gasteiger partial charge is 0.497 e. The Morgan fingerprint density at radius 1 is 1.38 bits per heavy atom. The van der Waals surface area contributed by atoms with E-state index in [4.69, 9.17) is 15.2 Å². The van der Waals surface area contributed by atoms with Crippen molar-refractivity contribution in [3.05, 3.63) is 41.7 Å². The minimum Gasteiger partial charge on any atom is -0.497 e. The van der Waals surface area contributed by atoms with Crippen LogP contribution < -0.4 is 15.2 Å². The quantitative estimate of drug-likeness (QED) is 0.851. The van der Waals surface area contributed by atoms with Gasteiger partial charge >= 0.3 is 0 Å². The molecule has 2 aromatic rings. The topological polar surface area (TPSA) is 62.3 Å². The number of aromatic nitrogens is 2. The van der Waals surface area contributed by atoms with E-state index in [2.05, 4.69) is 16.9 Å². The van der Waals surface area contributed by atoms with Crippen molar-refractivity contribution >= 4 is 0 Å². The number of nitrogens with zero attached hydrogens (tertiary/aromatic N) is 2. The third-order valence-electron chi connectivity index (χ3n) is 2.92. The molecule has 0 aliphatic rings. The molecule has 0 spiro atoms. The highest BCUT2D eigenvalue weighted by Gasteiger charge is 2.05. The number of nitrogens with two attached hydrogens (primary N) is 1. The van der Waals surface area contributed by atoms with Gasteiger partial charge in [-0.1, -0.05) is 11.8 Å². The van der Waals surface area contributed by atoms with Crippen LogP contribution in [0.5, 0.6) is 11.5 Å². The predicted molar refractivity (Wildman–Crippen MR) is 81.2 cm³/mol. The smallest absolute Gasteiger partial charge is 0.135 e. The maximum atomic E-state index is 5.83. The van der Waals surface area contributed by atoms with Gasteiger partial charge in [-0.05, 0) is 25.1 Å². The van der Waals surface area contributed by atoms with Crippen LogP contribution in [-0.4, -0.2) is 23.4 Å². The van der Waals surface area contributed by atoms with Crippen LogP contribution in [0.2, 0.25) is 0 Å². The Morgan fingerprint density at radius 2 is 2.24 bits per heavy atom. The van der Waals surface area contributed by atoms with Crippen molar-refractivity contribution in [3.8, 4) is 23.3 Å². The molecule has 110 valence electrons. The maximum Gasteiger partial charge on any atom is 0.135 e. The Morgan fingerprint density at radius 3 is 2.90 bits per heavy atom. The minimum atomic E-state index is 0.305. The van der Waals surface area contributed by atoms with Gasteiger partial charge in [-0.15, -0.1) is 0 Å². The molecule has 0 bridgehead atoms. The number of hydrogen-bond acceptors (Lipinski definition) is 4. The SMILES string of the molecule is CCn1cc(COc2ccc(OC)cc2C#CCN)cn1. The molecular formula is C16H19N3O2. The fourth-order valence-electron chi connectivity index (χ4n) is 1.82. The summed E-state index contributed by atoms with van der Waals surface area (Å²) in [5.74, 6) is 7.28. The standard InChI is InChI=1S/C16H19N3O2/c1-3-19-11-13(10-18-19)12-21-16-7-6-15(20-2)9-14(16)5-4-8-17/h6-7,9-11H,3,8,12,17H2,1-2H3. The number of hydrogen-bond donors (Lipinski definition) is 1. The molecule has 2 rings (SSSR count). The van der Waals surface area contributed by atoms with Gasteiger partial charge in [-0.2, -0.15) is 5.10 Å². The number of aryl methyl sites for hydroxylation is 1. The van der Waals surface area contributed by atoms with Gasteiger partial charge in [0.05, 0.1) is 25.4 Å². The molecule has 0 saturated heterocycles. The van der Waals surface area contributed by atoms with Gasteiger partial charge in [-0.3, -0.25) is 4.68 Å². The Balaban J connectivity index is 2.14. The van der Waals surface area contributed by atoms with Crippen molar-refractivity contribution in [3.63, 3.8) is 0 Å². The second-order valence-corrected chi connectivity index (χ2v) is 4.36. The molecule has 5 heteroatoms. The van der Waals surface area contributed by atoms with Gasteiger partial charge in [0.15, 0.2) is 0 Å². The lowest BCUT2D eigenvalue weighted by Crippen LogP contribution is -1.98. The normalized spacial score (nSPS) is 9.86. The van der Waals surface area contributed by atoms with E-state index < -0.39 is 0 Å². The van der Waals surface area contributed by atoms with Crippen LogP contribution in [0, 0.1) is 11.8 Å². The van der Waals surface area contributed by atoms with Crippen molar-refractivity contribution in [2.24, 2.45) is 5.73 Å². The molecule has 0 radical (unpaired) electrons. The van der Waals surface area contributed by atoms with Crippen LogP contribution in [0.3, 0.4) is 0 Å². The number of rotatable bonds is 5. The molecule has 0 saturated carbocycles. The van der Waals surface area contributed by atoms with E-state index in [0.717, 1.165) is 23.4 Å². The molecule has 0 atom stereocenters. The molecule has 0 aliphatic carbocycles. The average Bonchev–Trinajstić information content (AvgIpc) is 2.99. The highest BCUT2D eigenvalue weighted by Crippen LogP contribution is 2.24. The molecule has 1 heterocycles. The lowest BCUT2D eigenvalue weighted by Gasteiger charge is -2.09. The number of methoxy groups -OCH3 is 1. The zero-order valence-electron chi connectivity index (χ0n) is 12.3. The summed E-state index contributed by atoms with van der Waals surface area (Å²) in [6.07, 6.45) is 3.77. The molecule has 0 unspecified atom stereocenters. The number of ether oxygens (including phenoxy) is 2. The van der Waals surface area contributed by atoms with Gasteiger partial charge in [0.1, 0.15) is 18.1 Å². The molecule has 1 aromatic carbocycles. The van der Waals surface area contributed by atoms with Crippen LogP contribution in [0.15, 0.2) is 30.6 Å². The van der Waals surface area contributed by atoms with Gasteiger partial charge in [0.25, 0.3) is 0 Å². The summed E-state index contributed by atoms with van der Waals surface area (Å²) in [5.41, 5.74) is 7.21. The van der Waals surface area contributed by atoms with Crippen LogP contribution in [0.1, 0.15) is 18.1 Å². The van der Waals surface area contributed by atoms with Crippen molar-refractivity contribution in [2.75, 3.05) is 13.7 Å². The summed E-state index contributed by atoms with van der Waals surface area (Å²) < 4.78 is 12.9. The first-order valence-electron chi connectivity index (χ1n) is 6.78. The third-order valence-corrected chi connectivity index (χ3v) is 2.92. The molecule has 1 aromatic heterocycles. The third kappa shape index (κ3) is 4.01. The van der Waals surface area contributed by atoms with E-state index >= 15 is 0 Å². The average molecular weight is 285 g/mol. The second kappa shape index (κ2) is 7.36. The maximum absolute atomic E-state index is 5.83. The van der Waals surface area contributed by atoms with E-state index in [-0.39, 0.29) is 0 Å². The summed E-state index contributed by atoms with van der Waals surface area (Å²) in [6.45, 7) is 3.64.